The summed E-state index contributed by atoms with van der Waals surface area (Å²) in [5, 5.41) is 11.9. The van der Waals surface area contributed by atoms with E-state index in [1.54, 1.807) is 6.92 Å². The monoisotopic (exact) mass is 343 g/mol. The number of carbonyl (C=O) groups excluding carboxylic acids is 1. The molecule has 0 bridgehead atoms. The molecule has 0 fully saturated rings. The molecule has 1 amide bonds. The molecule has 1 aromatic rings. The minimum atomic E-state index is -1.07. The third-order valence-electron chi connectivity index (χ3n) is 3.09. The number of benzene rings is 1. The fourth-order valence-corrected chi connectivity index (χ4v) is 2.34. The summed E-state index contributed by atoms with van der Waals surface area (Å²) in [6.45, 7) is 5.98. The summed E-state index contributed by atoms with van der Waals surface area (Å²) in [4.78, 5) is 23.5. The summed E-state index contributed by atoms with van der Waals surface area (Å²) in [7, 11) is 1.44. The number of nitrogens with one attached hydrogen (secondary N) is 1. The summed E-state index contributed by atoms with van der Waals surface area (Å²) in [6, 6.07) is 1.94. The minimum absolute atomic E-state index is 0.134. The molecule has 128 valence electrons. The number of amides is 1. The van der Waals surface area contributed by atoms with E-state index >= 15 is 0 Å². The molecule has 0 aliphatic rings. The van der Waals surface area contributed by atoms with E-state index in [2.05, 4.69) is 5.32 Å². The predicted molar refractivity (Wildman–Crippen MR) is 87.5 cm³/mol. The van der Waals surface area contributed by atoms with Gasteiger partial charge in [0.25, 0.3) is 5.91 Å². The molecule has 0 saturated heterocycles. The van der Waals surface area contributed by atoms with Gasteiger partial charge in [-0.1, -0.05) is 25.4 Å². The number of methoxy groups -OCH3 is 1. The molecule has 0 spiro atoms. The molecule has 0 saturated carbocycles. The third kappa shape index (κ3) is 5.32. The summed E-state index contributed by atoms with van der Waals surface area (Å²) in [5.41, 5.74) is 0.213. The van der Waals surface area contributed by atoms with Crippen LogP contribution in [0.15, 0.2) is 12.1 Å². The lowest BCUT2D eigenvalue weighted by Crippen LogP contribution is -2.41. The van der Waals surface area contributed by atoms with Crippen LogP contribution in [0.2, 0.25) is 5.02 Å². The Morgan fingerprint density at radius 2 is 2.00 bits per heavy atom. The molecule has 7 heteroatoms. The van der Waals surface area contributed by atoms with Crippen molar-refractivity contribution >= 4 is 23.5 Å². The van der Waals surface area contributed by atoms with Crippen molar-refractivity contribution in [3.63, 3.8) is 0 Å². The fraction of sp³-hybridized carbons (Fsp3) is 0.500. The van der Waals surface area contributed by atoms with Crippen LogP contribution in [0.4, 0.5) is 0 Å². The first-order valence-corrected chi connectivity index (χ1v) is 7.71. The lowest BCUT2D eigenvalue weighted by atomic mass is 10.0. The fourth-order valence-electron chi connectivity index (χ4n) is 2.07. The second-order valence-electron chi connectivity index (χ2n) is 5.42. The maximum Gasteiger partial charge on any atom is 0.326 e. The van der Waals surface area contributed by atoms with Gasteiger partial charge in [-0.05, 0) is 31.4 Å². The summed E-state index contributed by atoms with van der Waals surface area (Å²) in [5.74, 6) is -0.794. The molecule has 6 nitrogen and oxygen atoms in total. The number of carbonyl (C=O) groups is 2. The predicted octanol–water partition coefficient (Wildman–Crippen LogP) is 2.98. The van der Waals surface area contributed by atoms with Crippen molar-refractivity contribution in [1.82, 2.24) is 5.32 Å². The Morgan fingerprint density at radius 1 is 1.35 bits per heavy atom. The van der Waals surface area contributed by atoms with Gasteiger partial charge in [-0.2, -0.15) is 0 Å². The van der Waals surface area contributed by atoms with Crippen LogP contribution in [-0.4, -0.2) is 36.7 Å². The second kappa shape index (κ2) is 8.62. The van der Waals surface area contributed by atoms with Gasteiger partial charge in [0.15, 0.2) is 11.5 Å². The number of rotatable bonds is 8. The Morgan fingerprint density at radius 3 is 2.48 bits per heavy atom. The maximum absolute atomic E-state index is 12.3. The molecule has 0 aliphatic carbocycles. The van der Waals surface area contributed by atoms with Gasteiger partial charge in [-0.25, -0.2) is 4.79 Å². The highest BCUT2D eigenvalue weighted by molar-refractivity contribution is 6.32. The molecule has 0 aromatic heterocycles. The number of ether oxygens (including phenoxy) is 2. The van der Waals surface area contributed by atoms with Gasteiger partial charge in [0.05, 0.1) is 18.7 Å². The summed E-state index contributed by atoms with van der Waals surface area (Å²) >= 11 is 6.12. The first-order chi connectivity index (χ1) is 10.8. The molecule has 0 heterocycles. The number of halogens is 1. The topological polar surface area (TPSA) is 84.9 Å². The van der Waals surface area contributed by atoms with Gasteiger partial charge < -0.3 is 19.9 Å². The molecule has 23 heavy (non-hydrogen) atoms. The van der Waals surface area contributed by atoms with E-state index in [-0.39, 0.29) is 16.5 Å². The zero-order chi connectivity index (χ0) is 17.6. The number of carboxylic acids is 1. The lowest BCUT2D eigenvalue weighted by Gasteiger charge is -2.17. The zero-order valence-corrected chi connectivity index (χ0v) is 14.4. The van der Waals surface area contributed by atoms with Crippen molar-refractivity contribution in [2.45, 2.75) is 33.2 Å². The molecule has 1 aromatic carbocycles. The molecule has 1 unspecified atom stereocenters. The van der Waals surface area contributed by atoms with Crippen LogP contribution in [0.1, 0.15) is 37.6 Å². The number of carboxylic acid groups (broad SMARTS) is 1. The van der Waals surface area contributed by atoms with Crippen LogP contribution in [0.25, 0.3) is 0 Å². The van der Waals surface area contributed by atoms with Crippen molar-refractivity contribution in [1.29, 1.82) is 0 Å². The molecular formula is C16H22ClNO5. The van der Waals surface area contributed by atoms with E-state index in [1.807, 2.05) is 13.8 Å². The van der Waals surface area contributed by atoms with Crippen LogP contribution in [0, 0.1) is 5.92 Å². The molecule has 1 atom stereocenters. The molecule has 0 aliphatic heterocycles. The SMILES string of the molecule is CCOc1c(Cl)cc(C(=O)NC(CC(C)C)C(=O)O)cc1OC. The molecule has 0 radical (unpaired) electrons. The van der Waals surface area contributed by atoms with Crippen LogP contribution in [0.3, 0.4) is 0 Å². The number of aliphatic carboxylic acids is 1. The average molecular weight is 344 g/mol. The largest absolute Gasteiger partial charge is 0.493 e. The zero-order valence-electron chi connectivity index (χ0n) is 13.7. The Bertz CT molecular complexity index is 574. The van der Waals surface area contributed by atoms with E-state index in [4.69, 9.17) is 21.1 Å². The maximum atomic E-state index is 12.3. The standard InChI is InChI=1S/C16H22ClNO5/c1-5-23-14-11(17)7-10(8-13(14)22-4)15(19)18-12(16(20)21)6-9(2)3/h7-9,12H,5-6H2,1-4H3,(H,18,19)(H,20,21). The van der Waals surface area contributed by atoms with Crippen LogP contribution in [-0.2, 0) is 4.79 Å². The van der Waals surface area contributed by atoms with Gasteiger partial charge in [0, 0.05) is 5.56 Å². The highest BCUT2D eigenvalue weighted by atomic mass is 35.5. The van der Waals surface area contributed by atoms with Crippen molar-refractivity contribution in [2.24, 2.45) is 5.92 Å². The van der Waals surface area contributed by atoms with Crippen LogP contribution >= 0.6 is 11.6 Å². The molecular weight excluding hydrogens is 322 g/mol. The summed E-state index contributed by atoms with van der Waals surface area (Å²) < 4.78 is 10.6. The first-order valence-electron chi connectivity index (χ1n) is 7.34. The average Bonchev–Trinajstić information content (AvgIpc) is 2.47. The van der Waals surface area contributed by atoms with Crippen LogP contribution < -0.4 is 14.8 Å². The van der Waals surface area contributed by atoms with Crippen LogP contribution in [0.5, 0.6) is 11.5 Å². The van der Waals surface area contributed by atoms with Crippen molar-refractivity contribution in [2.75, 3.05) is 13.7 Å². The van der Waals surface area contributed by atoms with E-state index < -0.39 is 17.9 Å². The smallest absolute Gasteiger partial charge is 0.326 e. The van der Waals surface area contributed by atoms with Gasteiger partial charge >= 0.3 is 5.97 Å². The Hall–Kier alpha value is -1.95. The lowest BCUT2D eigenvalue weighted by molar-refractivity contribution is -0.139. The highest BCUT2D eigenvalue weighted by Gasteiger charge is 2.23. The van der Waals surface area contributed by atoms with Gasteiger partial charge in [-0.15, -0.1) is 0 Å². The van der Waals surface area contributed by atoms with E-state index in [0.29, 0.717) is 24.5 Å². The minimum Gasteiger partial charge on any atom is -0.493 e. The van der Waals surface area contributed by atoms with Gasteiger partial charge in [0.2, 0.25) is 0 Å². The Balaban J connectivity index is 3.03. The van der Waals surface area contributed by atoms with Crippen molar-refractivity contribution in [3.8, 4) is 11.5 Å². The van der Waals surface area contributed by atoms with E-state index in [0.717, 1.165) is 0 Å². The first kappa shape index (κ1) is 19.1. The Kier molecular flexibility index (Phi) is 7.16. The van der Waals surface area contributed by atoms with Gasteiger partial charge in [-0.3, -0.25) is 4.79 Å². The quantitative estimate of drug-likeness (QED) is 0.758. The van der Waals surface area contributed by atoms with E-state index in [9.17, 15) is 14.7 Å². The van der Waals surface area contributed by atoms with Crippen molar-refractivity contribution < 1.29 is 24.2 Å². The molecule has 2 N–H and O–H groups in total. The Labute approximate surface area is 140 Å². The normalized spacial score (nSPS) is 11.9. The summed E-state index contributed by atoms with van der Waals surface area (Å²) in [6.07, 6.45) is 0.336. The number of hydrogen-bond acceptors (Lipinski definition) is 4. The number of hydrogen-bond donors (Lipinski definition) is 2. The van der Waals surface area contributed by atoms with Crippen molar-refractivity contribution in [3.05, 3.63) is 22.7 Å². The third-order valence-corrected chi connectivity index (χ3v) is 3.37. The molecule has 1 rings (SSSR count). The highest BCUT2D eigenvalue weighted by Crippen LogP contribution is 2.36. The van der Waals surface area contributed by atoms with E-state index in [1.165, 1.54) is 19.2 Å². The second-order valence-corrected chi connectivity index (χ2v) is 5.82. The van der Waals surface area contributed by atoms with Gasteiger partial charge in [0.1, 0.15) is 6.04 Å².